The second-order valence-corrected chi connectivity index (χ2v) is 6.34. The highest BCUT2D eigenvalue weighted by atomic mass is 79.9. The Morgan fingerprint density at radius 1 is 1.30 bits per heavy atom. The Hall–Kier alpha value is -0.540. The lowest BCUT2D eigenvalue weighted by atomic mass is 10.0. The molecule has 0 aromatic heterocycles. The fraction of sp³-hybridized carbons (Fsp3) is 0.647. The third-order valence-corrected chi connectivity index (χ3v) is 4.39. The molecule has 0 radical (unpaired) electrons. The van der Waals surface area contributed by atoms with Crippen LogP contribution in [0.15, 0.2) is 22.7 Å². The van der Waals surface area contributed by atoms with Crippen LogP contribution in [0.25, 0.3) is 0 Å². The normalized spacial score (nSPS) is 14.1. The molecule has 0 aliphatic carbocycles. The lowest BCUT2D eigenvalue weighted by Gasteiger charge is -2.20. The zero-order valence-corrected chi connectivity index (χ0v) is 14.8. The molecule has 2 atom stereocenters. The van der Waals surface area contributed by atoms with E-state index < -0.39 is 0 Å². The van der Waals surface area contributed by atoms with Crippen LogP contribution in [-0.4, -0.2) is 13.7 Å². The zero-order valence-electron chi connectivity index (χ0n) is 13.2. The summed E-state index contributed by atoms with van der Waals surface area (Å²) in [5.74, 6) is 1.66. The summed E-state index contributed by atoms with van der Waals surface area (Å²) in [7, 11) is 1.98. The van der Waals surface area contributed by atoms with Gasteiger partial charge in [-0.3, -0.25) is 0 Å². The van der Waals surface area contributed by atoms with E-state index in [0.29, 0.717) is 12.0 Å². The van der Waals surface area contributed by atoms with Crippen LogP contribution in [0.2, 0.25) is 0 Å². The largest absolute Gasteiger partial charge is 0.493 e. The standard InChI is InChI=1S/C17H28BrNO/c1-5-7-8-14(6-2)12-20-17-11-15(18)9-10-16(17)13(3)19-4/h9-11,13-14,19H,5-8,12H2,1-4H3. The SMILES string of the molecule is CCCCC(CC)COc1cc(Br)ccc1C(C)NC. The van der Waals surface area contributed by atoms with Gasteiger partial charge in [0, 0.05) is 16.1 Å². The molecule has 1 N–H and O–H groups in total. The van der Waals surface area contributed by atoms with Crippen LogP contribution in [0.5, 0.6) is 5.75 Å². The molecular formula is C17H28BrNO. The molecule has 0 aliphatic rings. The maximum absolute atomic E-state index is 6.12. The van der Waals surface area contributed by atoms with Crippen LogP contribution in [-0.2, 0) is 0 Å². The maximum atomic E-state index is 6.12. The molecule has 0 amide bonds. The van der Waals surface area contributed by atoms with Crippen molar-refractivity contribution in [2.24, 2.45) is 5.92 Å². The molecule has 1 aromatic rings. The summed E-state index contributed by atoms with van der Waals surface area (Å²) < 4.78 is 7.19. The lowest BCUT2D eigenvalue weighted by molar-refractivity contribution is 0.230. The van der Waals surface area contributed by atoms with Crippen LogP contribution in [0.4, 0.5) is 0 Å². The molecule has 114 valence electrons. The minimum absolute atomic E-state index is 0.300. The van der Waals surface area contributed by atoms with Gasteiger partial charge < -0.3 is 10.1 Å². The topological polar surface area (TPSA) is 21.3 Å². The Morgan fingerprint density at radius 2 is 2.05 bits per heavy atom. The molecule has 0 bridgehead atoms. The molecule has 1 rings (SSSR count). The zero-order chi connectivity index (χ0) is 15.0. The van der Waals surface area contributed by atoms with Gasteiger partial charge in [0.05, 0.1) is 6.61 Å². The summed E-state index contributed by atoms with van der Waals surface area (Å²) in [6.07, 6.45) is 5.00. The number of ether oxygens (including phenoxy) is 1. The highest BCUT2D eigenvalue weighted by Gasteiger charge is 2.13. The van der Waals surface area contributed by atoms with Crippen LogP contribution < -0.4 is 10.1 Å². The van der Waals surface area contributed by atoms with E-state index in [2.05, 4.69) is 60.2 Å². The lowest BCUT2D eigenvalue weighted by Crippen LogP contribution is -2.16. The van der Waals surface area contributed by atoms with Crippen molar-refractivity contribution in [1.82, 2.24) is 5.32 Å². The third-order valence-electron chi connectivity index (χ3n) is 3.89. The molecule has 2 nitrogen and oxygen atoms in total. The fourth-order valence-electron chi connectivity index (χ4n) is 2.25. The highest BCUT2D eigenvalue weighted by molar-refractivity contribution is 9.10. The van der Waals surface area contributed by atoms with E-state index in [-0.39, 0.29) is 0 Å². The predicted octanol–water partition coefficient (Wildman–Crippen LogP) is 5.32. The summed E-state index contributed by atoms with van der Waals surface area (Å²) >= 11 is 3.53. The van der Waals surface area contributed by atoms with E-state index in [9.17, 15) is 0 Å². The van der Waals surface area contributed by atoms with Crippen molar-refractivity contribution in [2.45, 2.75) is 52.5 Å². The molecule has 0 heterocycles. The average Bonchev–Trinajstić information content (AvgIpc) is 2.47. The quantitative estimate of drug-likeness (QED) is 0.655. The van der Waals surface area contributed by atoms with Crippen molar-refractivity contribution in [1.29, 1.82) is 0 Å². The molecule has 3 heteroatoms. The second-order valence-electron chi connectivity index (χ2n) is 5.42. The number of halogens is 1. The highest BCUT2D eigenvalue weighted by Crippen LogP contribution is 2.29. The Kier molecular flexibility index (Phi) is 8.24. The van der Waals surface area contributed by atoms with Gasteiger partial charge in [0.2, 0.25) is 0 Å². The second kappa shape index (κ2) is 9.41. The van der Waals surface area contributed by atoms with Crippen LogP contribution in [0.1, 0.15) is 58.1 Å². The first kappa shape index (κ1) is 17.5. The number of rotatable bonds is 9. The number of unbranched alkanes of at least 4 members (excludes halogenated alkanes) is 1. The fourth-order valence-corrected chi connectivity index (χ4v) is 2.59. The van der Waals surface area contributed by atoms with Gasteiger partial charge in [-0.05, 0) is 38.4 Å². The van der Waals surface area contributed by atoms with Gasteiger partial charge >= 0.3 is 0 Å². The molecule has 0 saturated heterocycles. The van der Waals surface area contributed by atoms with E-state index >= 15 is 0 Å². The van der Waals surface area contributed by atoms with Crippen molar-refractivity contribution in [2.75, 3.05) is 13.7 Å². The Balaban J connectivity index is 2.72. The van der Waals surface area contributed by atoms with Crippen molar-refractivity contribution in [3.63, 3.8) is 0 Å². The number of hydrogen-bond acceptors (Lipinski definition) is 2. The van der Waals surface area contributed by atoms with Gasteiger partial charge in [-0.1, -0.05) is 55.1 Å². The van der Waals surface area contributed by atoms with Gasteiger partial charge in [0.25, 0.3) is 0 Å². The predicted molar refractivity (Wildman–Crippen MR) is 90.4 cm³/mol. The smallest absolute Gasteiger partial charge is 0.125 e. The van der Waals surface area contributed by atoms with Gasteiger partial charge in [0.15, 0.2) is 0 Å². The number of hydrogen-bond donors (Lipinski definition) is 1. The van der Waals surface area contributed by atoms with E-state index in [4.69, 9.17) is 4.74 Å². The van der Waals surface area contributed by atoms with Crippen molar-refractivity contribution in [3.05, 3.63) is 28.2 Å². The first-order valence-corrected chi connectivity index (χ1v) is 8.51. The molecule has 1 aromatic carbocycles. The minimum atomic E-state index is 0.300. The Morgan fingerprint density at radius 3 is 2.65 bits per heavy atom. The molecular weight excluding hydrogens is 314 g/mol. The molecule has 0 spiro atoms. The van der Waals surface area contributed by atoms with Crippen LogP contribution in [0, 0.1) is 5.92 Å². The first-order valence-electron chi connectivity index (χ1n) is 7.71. The molecule has 0 aliphatic heterocycles. The monoisotopic (exact) mass is 341 g/mol. The van der Waals surface area contributed by atoms with Crippen LogP contribution in [0.3, 0.4) is 0 Å². The number of benzene rings is 1. The molecule has 2 unspecified atom stereocenters. The van der Waals surface area contributed by atoms with E-state index in [1.807, 2.05) is 7.05 Å². The van der Waals surface area contributed by atoms with E-state index in [0.717, 1.165) is 16.8 Å². The molecule has 0 saturated carbocycles. The van der Waals surface area contributed by atoms with Gasteiger partial charge in [-0.15, -0.1) is 0 Å². The van der Waals surface area contributed by atoms with Gasteiger partial charge in [0.1, 0.15) is 5.75 Å². The van der Waals surface area contributed by atoms with Crippen molar-refractivity contribution in [3.8, 4) is 5.75 Å². The first-order chi connectivity index (χ1) is 9.62. The summed E-state index contributed by atoms with van der Waals surface area (Å²) in [6, 6.07) is 6.59. The van der Waals surface area contributed by atoms with E-state index in [1.54, 1.807) is 0 Å². The Labute approximate surface area is 132 Å². The third kappa shape index (κ3) is 5.45. The van der Waals surface area contributed by atoms with Gasteiger partial charge in [-0.25, -0.2) is 0 Å². The molecule has 0 fully saturated rings. The number of nitrogens with one attached hydrogen (secondary N) is 1. The van der Waals surface area contributed by atoms with Crippen molar-refractivity contribution >= 4 is 15.9 Å². The Bertz CT molecular complexity index is 395. The summed E-state index contributed by atoms with van der Waals surface area (Å²) in [5.41, 5.74) is 1.22. The van der Waals surface area contributed by atoms with Gasteiger partial charge in [-0.2, -0.15) is 0 Å². The average molecular weight is 342 g/mol. The van der Waals surface area contributed by atoms with Crippen LogP contribution >= 0.6 is 15.9 Å². The summed E-state index contributed by atoms with van der Waals surface area (Å²) in [6.45, 7) is 7.47. The summed E-state index contributed by atoms with van der Waals surface area (Å²) in [5, 5.41) is 3.28. The summed E-state index contributed by atoms with van der Waals surface area (Å²) in [4.78, 5) is 0. The maximum Gasteiger partial charge on any atom is 0.125 e. The van der Waals surface area contributed by atoms with E-state index in [1.165, 1.54) is 31.2 Å². The minimum Gasteiger partial charge on any atom is -0.493 e. The van der Waals surface area contributed by atoms with Crippen molar-refractivity contribution < 1.29 is 4.74 Å². The molecule has 20 heavy (non-hydrogen) atoms.